The second-order valence-electron chi connectivity index (χ2n) is 7.10. The molecule has 162 valence electrons. The van der Waals surface area contributed by atoms with Crippen LogP contribution in [0.15, 0.2) is 36.4 Å². The van der Waals surface area contributed by atoms with Gasteiger partial charge in [0, 0.05) is 23.7 Å². The molecule has 1 N–H and O–H groups in total. The summed E-state index contributed by atoms with van der Waals surface area (Å²) in [5, 5.41) is 2.81. The fourth-order valence-electron chi connectivity index (χ4n) is 3.97. The van der Waals surface area contributed by atoms with E-state index in [9.17, 15) is 14.4 Å². The zero-order valence-electron chi connectivity index (χ0n) is 17.3. The number of methoxy groups -OCH3 is 3. The monoisotopic (exact) mass is 426 g/mol. The van der Waals surface area contributed by atoms with Gasteiger partial charge in [0.15, 0.2) is 11.5 Å². The number of benzene rings is 2. The molecule has 4 rings (SSSR count). The molecule has 0 aromatic heterocycles. The molecule has 2 aromatic rings. The fourth-order valence-corrected chi connectivity index (χ4v) is 3.97. The van der Waals surface area contributed by atoms with Crippen LogP contribution in [0.5, 0.6) is 17.2 Å². The largest absolute Gasteiger partial charge is 0.497 e. The Bertz CT molecular complexity index is 1050. The van der Waals surface area contributed by atoms with E-state index in [1.165, 1.54) is 26.2 Å². The van der Waals surface area contributed by atoms with Gasteiger partial charge in [-0.05, 0) is 30.7 Å². The Morgan fingerprint density at radius 1 is 1.10 bits per heavy atom. The minimum Gasteiger partial charge on any atom is -0.497 e. The molecule has 1 fully saturated rings. The summed E-state index contributed by atoms with van der Waals surface area (Å²) in [6.07, 6.45) is -0.531. The third-order valence-electron chi connectivity index (χ3n) is 5.41. The molecule has 2 aliphatic rings. The summed E-state index contributed by atoms with van der Waals surface area (Å²) in [6, 6.07) is 9.41. The number of cyclic esters (lactones) is 1. The van der Waals surface area contributed by atoms with Gasteiger partial charge in [0.25, 0.3) is 0 Å². The van der Waals surface area contributed by atoms with Gasteiger partial charge in [-0.25, -0.2) is 4.79 Å². The molecule has 0 spiro atoms. The summed E-state index contributed by atoms with van der Waals surface area (Å²) in [5.74, 6) is -0.0787. The Balaban J connectivity index is 1.64. The molecule has 2 amide bonds. The number of ether oxygens (including phenoxy) is 4. The SMILES string of the molecule is COc1cccc(NC(=O)[C@@H]2CCC(=O)N2[C@H]2OC(=O)c3c2ccc(OC)c3OC)c1. The van der Waals surface area contributed by atoms with Gasteiger partial charge in [0.1, 0.15) is 17.4 Å². The number of likely N-dealkylation sites (tertiary alicyclic amines) is 1. The highest BCUT2D eigenvalue weighted by atomic mass is 16.6. The minimum absolute atomic E-state index is 0.173. The number of carbonyl (C=O) groups excluding carboxylic acids is 3. The average molecular weight is 426 g/mol. The molecule has 9 nitrogen and oxygen atoms in total. The predicted molar refractivity (Wildman–Crippen MR) is 109 cm³/mol. The fraction of sp³-hybridized carbons (Fsp3) is 0.318. The summed E-state index contributed by atoms with van der Waals surface area (Å²) >= 11 is 0. The van der Waals surface area contributed by atoms with Gasteiger partial charge in [-0.1, -0.05) is 6.07 Å². The van der Waals surface area contributed by atoms with Crippen LogP contribution in [0.1, 0.15) is 35.0 Å². The van der Waals surface area contributed by atoms with Crippen molar-refractivity contribution in [2.75, 3.05) is 26.6 Å². The van der Waals surface area contributed by atoms with Crippen LogP contribution in [0.2, 0.25) is 0 Å². The molecule has 2 aromatic carbocycles. The van der Waals surface area contributed by atoms with Gasteiger partial charge in [-0.2, -0.15) is 0 Å². The number of hydrogen-bond donors (Lipinski definition) is 1. The summed E-state index contributed by atoms with van der Waals surface area (Å²) in [4.78, 5) is 39.7. The first-order chi connectivity index (χ1) is 15.0. The molecule has 1 saturated heterocycles. The summed E-state index contributed by atoms with van der Waals surface area (Å²) in [5.41, 5.74) is 1.19. The van der Waals surface area contributed by atoms with Crippen molar-refractivity contribution in [1.82, 2.24) is 4.90 Å². The molecule has 31 heavy (non-hydrogen) atoms. The normalized spacial score (nSPS) is 19.6. The summed E-state index contributed by atoms with van der Waals surface area (Å²) in [6.45, 7) is 0. The summed E-state index contributed by atoms with van der Waals surface area (Å²) in [7, 11) is 4.42. The lowest BCUT2D eigenvalue weighted by Crippen LogP contribution is -2.43. The number of carbonyl (C=O) groups is 3. The van der Waals surface area contributed by atoms with E-state index in [-0.39, 0.29) is 29.5 Å². The van der Waals surface area contributed by atoms with Crippen LogP contribution in [0.4, 0.5) is 5.69 Å². The Labute approximate surface area is 178 Å². The zero-order valence-corrected chi connectivity index (χ0v) is 17.3. The van der Waals surface area contributed by atoms with E-state index >= 15 is 0 Å². The van der Waals surface area contributed by atoms with E-state index in [1.807, 2.05) is 0 Å². The van der Waals surface area contributed by atoms with Crippen molar-refractivity contribution < 1.29 is 33.3 Å². The van der Waals surface area contributed by atoms with Gasteiger partial charge in [0.05, 0.1) is 21.3 Å². The molecule has 0 radical (unpaired) electrons. The average Bonchev–Trinajstić information content (AvgIpc) is 3.32. The van der Waals surface area contributed by atoms with Crippen molar-refractivity contribution in [2.45, 2.75) is 25.1 Å². The van der Waals surface area contributed by atoms with E-state index in [2.05, 4.69) is 5.32 Å². The van der Waals surface area contributed by atoms with Gasteiger partial charge >= 0.3 is 5.97 Å². The van der Waals surface area contributed by atoms with Crippen LogP contribution < -0.4 is 19.5 Å². The smallest absolute Gasteiger partial charge is 0.344 e. The van der Waals surface area contributed by atoms with Gasteiger partial charge in [-0.3, -0.25) is 14.5 Å². The zero-order chi connectivity index (χ0) is 22.1. The van der Waals surface area contributed by atoms with Crippen LogP contribution in [-0.4, -0.2) is 50.1 Å². The van der Waals surface area contributed by atoms with Crippen molar-refractivity contribution in [3.8, 4) is 17.2 Å². The second kappa shape index (κ2) is 8.17. The Morgan fingerprint density at radius 3 is 2.61 bits per heavy atom. The molecule has 2 aliphatic heterocycles. The molecular formula is C22H22N2O7. The Kier molecular flexibility index (Phi) is 5.41. The highest BCUT2D eigenvalue weighted by molar-refractivity contribution is 6.01. The van der Waals surface area contributed by atoms with E-state index in [0.717, 1.165) is 0 Å². The van der Waals surface area contributed by atoms with E-state index in [4.69, 9.17) is 18.9 Å². The number of nitrogens with zero attached hydrogens (tertiary/aromatic N) is 1. The minimum atomic E-state index is -1.02. The molecule has 0 unspecified atom stereocenters. The van der Waals surface area contributed by atoms with Gasteiger partial charge in [-0.15, -0.1) is 0 Å². The first kappa shape index (κ1) is 20.5. The first-order valence-corrected chi connectivity index (χ1v) is 9.70. The van der Waals surface area contributed by atoms with Crippen molar-refractivity contribution in [1.29, 1.82) is 0 Å². The first-order valence-electron chi connectivity index (χ1n) is 9.70. The quantitative estimate of drug-likeness (QED) is 0.708. The lowest BCUT2D eigenvalue weighted by Gasteiger charge is -2.29. The number of fused-ring (bicyclic) bond motifs is 1. The van der Waals surface area contributed by atoms with Crippen LogP contribution in [0.3, 0.4) is 0 Å². The van der Waals surface area contributed by atoms with Crippen molar-refractivity contribution in [2.24, 2.45) is 0 Å². The van der Waals surface area contributed by atoms with Crippen molar-refractivity contribution in [3.63, 3.8) is 0 Å². The number of rotatable bonds is 6. The summed E-state index contributed by atoms with van der Waals surface area (Å²) < 4.78 is 21.3. The molecule has 0 aliphatic carbocycles. The van der Waals surface area contributed by atoms with E-state index in [1.54, 1.807) is 36.4 Å². The Morgan fingerprint density at radius 2 is 1.90 bits per heavy atom. The number of anilines is 1. The van der Waals surface area contributed by atoms with Crippen molar-refractivity contribution >= 4 is 23.5 Å². The van der Waals surface area contributed by atoms with Gasteiger partial charge in [0.2, 0.25) is 18.0 Å². The lowest BCUT2D eigenvalue weighted by molar-refractivity contribution is -0.144. The third kappa shape index (κ3) is 3.52. The van der Waals surface area contributed by atoms with Crippen molar-refractivity contribution in [3.05, 3.63) is 47.5 Å². The van der Waals surface area contributed by atoms with Crippen LogP contribution in [0, 0.1) is 0 Å². The molecule has 9 heteroatoms. The highest BCUT2D eigenvalue weighted by Crippen LogP contribution is 2.45. The molecule has 2 heterocycles. The predicted octanol–water partition coefficient (Wildman–Crippen LogP) is 2.51. The maximum Gasteiger partial charge on any atom is 0.344 e. The molecular weight excluding hydrogens is 404 g/mol. The molecule has 2 atom stereocenters. The number of nitrogens with one attached hydrogen (secondary N) is 1. The van der Waals surface area contributed by atoms with E-state index < -0.39 is 18.2 Å². The van der Waals surface area contributed by atoms with Gasteiger partial charge < -0.3 is 24.3 Å². The number of hydrogen-bond acceptors (Lipinski definition) is 7. The third-order valence-corrected chi connectivity index (χ3v) is 5.41. The highest BCUT2D eigenvalue weighted by Gasteiger charge is 2.47. The molecule has 0 bridgehead atoms. The van der Waals surface area contributed by atoms with Crippen LogP contribution in [0.25, 0.3) is 0 Å². The lowest BCUT2D eigenvalue weighted by atomic mass is 10.1. The van der Waals surface area contributed by atoms with Crippen LogP contribution in [-0.2, 0) is 14.3 Å². The Hall–Kier alpha value is -3.75. The maximum atomic E-state index is 13.0. The maximum absolute atomic E-state index is 13.0. The number of amides is 2. The van der Waals surface area contributed by atoms with Crippen LogP contribution >= 0.6 is 0 Å². The topological polar surface area (TPSA) is 103 Å². The molecule has 0 saturated carbocycles. The second-order valence-corrected chi connectivity index (χ2v) is 7.10. The standard InChI is InChI=1S/C22H22N2O7/c1-28-13-6-4-5-12(11-13)23-20(26)15-8-10-17(25)24(15)21-14-7-9-16(29-2)19(30-3)18(14)22(27)31-21/h4-7,9,11,15,21H,8,10H2,1-3H3,(H,23,26)/t15-,21-/m0/s1. The van der Waals surface area contributed by atoms with E-state index in [0.29, 0.717) is 29.2 Å². The number of esters is 1.